The summed E-state index contributed by atoms with van der Waals surface area (Å²) in [6.07, 6.45) is 4.70. The van der Waals surface area contributed by atoms with E-state index in [-0.39, 0.29) is 16.7 Å². The van der Waals surface area contributed by atoms with Crippen molar-refractivity contribution in [3.05, 3.63) is 83.1 Å². The van der Waals surface area contributed by atoms with Crippen molar-refractivity contribution in [2.45, 2.75) is 50.8 Å². The second kappa shape index (κ2) is 10.4. The van der Waals surface area contributed by atoms with E-state index in [4.69, 9.17) is 9.36 Å². The highest BCUT2D eigenvalue weighted by atomic mass is 32.2. The van der Waals surface area contributed by atoms with E-state index in [0.29, 0.717) is 23.9 Å². The summed E-state index contributed by atoms with van der Waals surface area (Å²) < 4.78 is 5.28. The van der Waals surface area contributed by atoms with Crippen molar-refractivity contribution in [3.8, 4) is 0 Å². The quantitative estimate of drug-likeness (QED) is 0.420. The minimum Gasteiger partial charge on any atom is -0.362 e. The Morgan fingerprint density at radius 3 is 2.76 bits per heavy atom. The van der Waals surface area contributed by atoms with E-state index >= 15 is 0 Å². The summed E-state index contributed by atoms with van der Waals surface area (Å²) in [5.41, 5.74) is 3.84. The van der Waals surface area contributed by atoms with E-state index in [1.165, 1.54) is 5.56 Å². The van der Waals surface area contributed by atoms with Crippen LogP contribution in [0.5, 0.6) is 0 Å². The Balaban J connectivity index is 1.37. The van der Waals surface area contributed by atoms with Crippen molar-refractivity contribution in [3.63, 3.8) is 0 Å². The maximum Gasteiger partial charge on any atom is 0.251 e. The van der Waals surface area contributed by atoms with Crippen LogP contribution in [0.3, 0.4) is 0 Å². The van der Waals surface area contributed by atoms with Gasteiger partial charge in [0.15, 0.2) is 0 Å². The lowest BCUT2D eigenvalue weighted by atomic mass is 9.89. The molecule has 3 aromatic rings. The van der Waals surface area contributed by atoms with Gasteiger partial charge in [0, 0.05) is 17.7 Å². The molecule has 0 saturated carbocycles. The third kappa shape index (κ3) is 5.78. The van der Waals surface area contributed by atoms with Crippen molar-refractivity contribution < 1.29 is 14.2 Å². The fourth-order valence-electron chi connectivity index (χ4n) is 3.83. The van der Waals surface area contributed by atoms with Crippen LogP contribution >= 0.6 is 11.8 Å². The van der Waals surface area contributed by atoms with Crippen LogP contribution in [-0.2, 0) is 16.7 Å². The molecule has 0 radical (unpaired) electrons. The molecule has 2 heterocycles. The van der Waals surface area contributed by atoms with Gasteiger partial charge >= 0.3 is 0 Å². The maximum absolute atomic E-state index is 12.8. The lowest BCUT2D eigenvalue weighted by Crippen LogP contribution is -2.26. The number of nitrogens with one attached hydrogen (secondary N) is 1. The van der Waals surface area contributed by atoms with Gasteiger partial charge in [-0.2, -0.15) is 0 Å². The molecule has 1 saturated heterocycles. The molecule has 1 atom stereocenters. The summed E-state index contributed by atoms with van der Waals surface area (Å²) in [4.78, 5) is 18.7. The molecule has 1 aromatic heterocycles. The third-order valence-corrected chi connectivity index (χ3v) is 6.67. The number of amides is 1. The van der Waals surface area contributed by atoms with E-state index in [2.05, 4.69) is 55.5 Å². The third-order valence-electron chi connectivity index (χ3n) is 5.65. The van der Waals surface area contributed by atoms with E-state index < -0.39 is 0 Å². The van der Waals surface area contributed by atoms with E-state index in [9.17, 15) is 4.79 Å². The normalized spacial score (nSPS) is 16.2. The summed E-state index contributed by atoms with van der Waals surface area (Å²) in [6, 6.07) is 18.2. The number of aryl methyl sites for hydroxylation is 1. The molecule has 1 aliphatic rings. The van der Waals surface area contributed by atoms with Crippen molar-refractivity contribution in [1.82, 2.24) is 10.5 Å². The number of anilines is 1. The standard InChI is InChI=1S/C26H31N3O3S/c1-26(2,3)22-17-31-28-23(22)29-25(33-18-32-29)21-14-9-13-20(16-21)24(30)27-15-8-7-12-19-10-5-4-6-11-19/h4-6,9-11,13-14,16-17,25H,7-8,12,15,18H2,1-3H3,(H,27,30). The lowest BCUT2D eigenvalue weighted by Gasteiger charge is -2.25. The molecule has 33 heavy (non-hydrogen) atoms. The largest absolute Gasteiger partial charge is 0.362 e. The molecule has 0 aliphatic carbocycles. The predicted octanol–water partition coefficient (Wildman–Crippen LogP) is 5.87. The zero-order valence-electron chi connectivity index (χ0n) is 19.4. The van der Waals surface area contributed by atoms with E-state index in [0.717, 1.165) is 30.4 Å². The number of carbonyl (C=O) groups is 1. The zero-order valence-corrected chi connectivity index (χ0v) is 20.2. The Kier molecular flexibility index (Phi) is 7.40. The lowest BCUT2D eigenvalue weighted by molar-refractivity contribution is 0.0952. The molecule has 2 aromatic carbocycles. The molecule has 7 heteroatoms. The number of thioether (sulfide) groups is 1. The Bertz CT molecular complexity index is 1060. The number of carbonyl (C=O) groups excluding carboxylic acids is 1. The Labute approximate surface area is 199 Å². The summed E-state index contributed by atoms with van der Waals surface area (Å²) in [5, 5.41) is 8.96. The summed E-state index contributed by atoms with van der Waals surface area (Å²) in [5.74, 6) is 1.15. The number of aromatic nitrogens is 1. The number of nitrogens with zero attached hydrogens (tertiary/aromatic N) is 2. The van der Waals surface area contributed by atoms with Gasteiger partial charge in [-0.15, -0.1) is 0 Å². The minimum atomic E-state index is -0.126. The molecule has 0 spiro atoms. The minimum absolute atomic E-state index is 0.0520. The van der Waals surface area contributed by atoms with Gasteiger partial charge in [-0.25, -0.2) is 5.06 Å². The first-order valence-corrected chi connectivity index (χ1v) is 12.4. The summed E-state index contributed by atoms with van der Waals surface area (Å²) >= 11 is 1.65. The van der Waals surface area contributed by atoms with Crippen molar-refractivity contribution in [2.75, 3.05) is 17.5 Å². The summed E-state index contributed by atoms with van der Waals surface area (Å²) in [7, 11) is 0. The van der Waals surface area contributed by atoms with Gasteiger partial charge in [0.2, 0.25) is 5.82 Å². The first-order valence-electron chi connectivity index (χ1n) is 11.3. The molecular weight excluding hydrogens is 434 g/mol. The molecule has 4 rings (SSSR count). The average molecular weight is 466 g/mol. The van der Waals surface area contributed by atoms with Crippen LogP contribution in [-0.4, -0.2) is 23.5 Å². The number of hydroxylamine groups is 1. The Morgan fingerprint density at radius 2 is 1.97 bits per heavy atom. The number of benzene rings is 2. The van der Waals surface area contributed by atoms with Crippen molar-refractivity contribution in [1.29, 1.82) is 0 Å². The summed E-state index contributed by atoms with van der Waals surface area (Å²) in [6.45, 7) is 7.02. The van der Waals surface area contributed by atoms with Crippen LogP contribution in [0.1, 0.15) is 66.0 Å². The second-order valence-electron chi connectivity index (χ2n) is 9.22. The van der Waals surface area contributed by atoms with E-state index in [1.54, 1.807) is 23.1 Å². The Hall–Kier alpha value is -2.77. The maximum atomic E-state index is 12.8. The van der Waals surface area contributed by atoms with Crippen molar-refractivity contribution >= 4 is 23.5 Å². The first-order chi connectivity index (χ1) is 15.9. The predicted molar refractivity (Wildman–Crippen MR) is 132 cm³/mol. The molecule has 0 bridgehead atoms. The average Bonchev–Trinajstić information content (AvgIpc) is 3.49. The van der Waals surface area contributed by atoms with Crippen molar-refractivity contribution in [2.24, 2.45) is 0 Å². The number of hydrogen-bond acceptors (Lipinski definition) is 6. The highest BCUT2D eigenvalue weighted by Gasteiger charge is 2.35. The monoisotopic (exact) mass is 465 g/mol. The number of rotatable bonds is 8. The second-order valence-corrected chi connectivity index (χ2v) is 10.2. The molecule has 1 N–H and O–H groups in total. The SMILES string of the molecule is CC(C)(C)c1conc1N1OCSC1c1cccc(C(=O)NCCCCc2ccccc2)c1. The zero-order chi connectivity index (χ0) is 23.3. The van der Waals surface area contributed by atoms with Crippen LogP contribution in [0.2, 0.25) is 0 Å². The fraction of sp³-hybridized carbons (Fsp3) is 0.385. The number of unbranched alkanes of at least 4 members (excludes halogenated alkanes) is 1. The van der Waals surface area contributed by atoms with Gasteiger partial charge in [-0.05, 0) is 47.9 Å². The fourth-order valence-corrected chi connectivity index (χ4v) is 4.77. The molecule has 1 unspecified atom stereocenters. The van der Waals surface area contributed by atoms with Gasteiger partial charge in [-0.1, -0.05) is 80.2 Å². The van der Waals surface area contributed by atoms with Crippen LogP contribution in [0.15, 0.2) is 65.4 Å². The number of hydrogen-bond donors (Lipinski definition) is 1. The van der Waals surface area contributed by atoms with Crippen LogP contribution in [0, 0.1) is 0 Å². The van der Waals surface area contributed by atoms with Gasteiger partial charge in [0.1, 0.15) is 17.6 Å². The van der Waals surface area contributed by atoms with Gasteiger partial charge < -0.3 is 9.84 Å². The molecular formula is C26H31N3O3S. The highest BCUT2D eigenvalue weighted by molar-refractivity contribution is 7.99. The van der Waals surface area contributed by atoms with Crippen LogP contribution < -0.4 is 10.4 Å². The van der Waals surface area contributed by atoms with Crippen LogP contribution in [0.25, 0.3) is 0 Å². The first kappa shape index (κ1) is 23.4. The van der Waals surface area contributed by atoms with Gasteiger partial charge in [0.25, 0.3) is 5.91 Å². The highest BCUT2D eigenvalue weighted by Crippen LogP contribution is 2.44. The van der Waals surface area contributed by atoms with Gasteiger partial charge in [-0.3, -0.25) is 9.63 Å². The van der Waals surface area contributed by atoms with Gasteiger partial charge in [0.05, 0.1) is 0 Å². The molecule has 1 aliphatic heterocycles. The van der Waals surface area contributed by atoms with E-state index in [1.807, 2.05) is 30.3 Å². The molecule has 1 fully saturated rings. The van der Waals surface area contributed by atoms with Crippen LogP contribution in [0.4, 0.5) is 5.82 Å². The molecule has 1 amide bonds. The Morgan fingerprint density at radius 1 is 1.15 bits per heavy atom. The topological polar surface area (TPSA) is 67.6 Å². The molecule has 174 valence electrons. The smallest absolute Gasteiger partial charge is 0.251 e. The molecule has 6 nitrogen and oxygen atoms in total.